The van der Waals surface area contributed by atoms with Crippen molar-refractivity contribution in [2.24, 2.45) is 55.7 Å². The number of fused-ring (bicyclic) bond motifs is 2. The lowest BCUT2D eigenvalue weighted by atomic mass is 9.41. The smallest absolute Gasteiger partial charge is 0.223 e. The number of Topliss-reactive ketones (excluding diaryl/α,β-unsaturated/α-hetero) is 1. The maximum Gasteiger partial charge on any atom is 0.223 e. The molecule has 1 aromatic carbocycles. The molecule has 5 fully saturated rings. The van der Waals surface area contributed by atoms with Gasteiger partial charge in [-0.1, -0.05) is 65.0 Å². The molecule has 6 nitrogen and oxygen atoms in total. The molecule has 0 bridgehead atoms. The SMILES string of the molecule is CC[C@H](C)C(=O)N[C@H]1CCC23C[C@]24C(=O)C[C@]2(C)[C@@H]([C@H](C)N(C)C)[C@H](O)C[C@@]2(C)[C@@H]4CC[C@H]3[C@]1(C)C=NCc1ccccc1. The summed E-state index contributed by atoms with van der Waals surface area (Å²) in [7, 11) is 4.20. The van der Waals surface area contributed by atoms with Gasteiger partial charge in [-0.05, 0) is 99.6 Å². The van der Waals surface area contributed by atoms with Crippen molar-refractivity contribution in [3.63, 3.8) is 0 Å². The van der Waals surface area contributed by atoms with Crippen LogP contribution in [-0.2, 0) is 16.1 Å². The number of hydrogen-bond acceptors (Lipinski definition) is 5. The summed E-state index contributed by atoms with van der Waals surface area (Å²) in [6, 6.07) is 10.6. The molecule has 1 aromatic rings. The van der Waals surface area contributed by atoms with Gasteiger partial charge in [0.2, 0.25) is 5.91 Å². The highest BCUT2D eigenvalue weighted by molar-refractivity contribution is 5.92. The number of nitrogens with one attached hydrogen (secondary N) is 1. The quantitative estimate of drug-likeness (QED) is 0.342. The monoisotopic (exact) mass is 603 g/mol. The minimum Gasteiger partial charge on any atom is -0.393 e. The number of hydrogen-bond donors (Lipinski definition) is 2. The number of amides is 1. The lowest BCUT2D eigenvalue weighted by Gasteiger charge is -2.62. The Kier molecular flexibility index (Phi) is 7.80. The van der Waals surface area contributed by atoms with Gasteiger partial charge in [-0.15, -0.1) is 0 Å². The van der Waals surface area contributed by atoms with E-state index < -0.39 is 0 Å². The fourth-order valence-electron chi connectivity index (χ4n) is 12.0. The van der Waals surface area contributed by atoms with E-state index in [2.05, 4.69) is 89.4 Å². The summed E-state index contributed by atoms with van der Waals surface area (Å²) in [5.41, 5.74) is 0.202. The van der Waals surface area contributed by atoms with Crippen LogP contribution in [0.2, 0.25) is 0 Å². The van der Waals surface area contributed by atoms with Gasteiger partial charge in [0.25, 0.3) is 0 Å². The second-order valence-electron chi connectivity index (χ2n) is 16.7. The Hall–Kier alpha value is -2.05. The molecule has 2 N–H and O–H groups in total. The number of rotatable bonds is 8. The van der Waals surface area contributed by atoms with Crippen molar-refractivity contribution in [3.8, 4) is 0 Å². The Morgan fingerprint density at radius 1 is 1.09 bits per heavy atom. The van der Waals surface area contributed by atoms with Gasteiger partial charge in [0, 0.05) is 47.4 Å². The van der Waals surface area contributed by atoms with Gasteiger partial charge in [-0.3, -0.25) is 14.6 Å². The van der Waals surface area contributed by atoms with Crippen LogP contribution < -0.4 is 5.32 Å². The lowest BCUT2D eigenvalue weighted by molar-refractivity contribution is -0.167. The summed E-state index contributed by atoms with van der Waals surface area (Å²) >= 11 is 0. The van der Waals surface area contributed by atoms with Crippen molar-refractivity contribution in [3.05, 3.63) is 35.9 Å². The number of aliphatic hydroxyl groups is 1. The molecule has 0 radical (unpaired) electrons. The molecule has 12 atom stereocenters. The third kappa shape index (κ3) is 4.21. The van der Waals surface area contributed by atoms with Crippen LogP contribution in [0.15, 0.2) is 35.3 Å². The molecule has 5 saturated carbocycles. The molecule has 44 heavy (non-hydrogen) atoms. The lowest BCUT2D eigenvalue weighted by Crippen LogP contribution is -2.63. The Bertz CT molecular complexity index is 1310. The maximum atomic E-state index is 14.8. The molecule has 2 spiro atoms. The zero-order chi connectivity index (χ0) is 31.9. The topological polar surface area (TPSA) is 82.0 Å². The van der Waals surface area contributed by atoms with E-state index in [4.69, 9.17) is 4.99 Å². The van der Waals surface area contributed by atoms with Gasteiger partial charge >= 0.3 is 0 Å². The van der Waals surface area contributed by atoms with E-state index in [1.54, 1.807) is 0 Å². The Labute approximate surface area is 265 Å². The first kappa shape index (κ1) is 31.9. The third-order valence-electron chi connectivity index (χ3n) is 14.8. The Morgan fingerprint density at radius 3 is 2.43 bits per heavy atom. The van der Waals surface area contributed by atoms with Crippen LogP contribution in [-0.4, -0.2) is 60.2 Å². The van der Waals surface area contributed by atoms with Crippen molar-refractivity contribution < 1.29 is 14.7 Å². The molecule has 1 unspecified atom stereocenters. The molecule has 0 aliphatic heterocycles. The van der Waals surface area contributed by atoms with E-state index in [9.17, 15) is 14.7 Å². The molecule has 242 valence electrons. The number of ketones is 1. The number of carbonyl (C=O) groups excluding carboxylic acids is 2. The average Bonchev–Trinajstić information content (AvgIpc) is 3.62. The molecule has 0 aromatic heterocycles. The van der Waals surface area contributed by atoms with E-state index in [1.807, 2.05) is 13.0 Å². The molecule has 6 heteroatoms. The normalized spacial score (nSPS) is 45.7. The van der Waals surface area contributed by atoms with Crippen LogP contribution in [0.25, 0.3) is 0 Å². The van der Waals surface area contributed by atoms with E-state index >= 15 is 0 Å². The second kappa shape index (κ2) is 10.8. The van der Waals surface area contributed by atoms with E-state index in [1.165, 1.54) is 5.56 Å². The minimum absolute atomic E-state index is 0.00603. The van der Waals surface area contributed by atoms with E-state index in [0.717, 1.165) is 44.9 Å². The molecule has 0 heterocycles. The highest BCUT2D eigenvalue weighted by Crippen LogP contribution is 2.87. The van der Waals surface area contributed by atoms with E-state index in [0.29, 0.717) is 30.6 Å². The van der Waals surface area contributed by atoms with Crippen LogP contribution in [0, 0.1) is 50.7 Å². The van der Waals surface area contributed by atoms with Crippen LogP contribution >= 0.6 is 0 Å². The molecular weight excluding hydrogens is 546 g/mol. The van der Waals surface area contributed by atoms with Crippen LogP contribution in [0.5, 0.6) is 0 Å². The first-order valence-electron chi connectivity index (χ1n) is 17.4. The highest BCUT2D eigenvalue weighted by atomic mass is 16.3. The Morgan fingerprint density at radius 2 is 1.77 bits per heavy atom. The summed E-state index contributed by atoms with van der Waals surface area (Å²) in [6.45, 7) is 14.0. The van der Waals surface area contributed by atoms with E-state index in [-0.39, 0.29) is 63.0 Å². The largest absolute Gasteiger partial charge is 0.393 e. The highest BCUT2D eigenvalue weighted by Gasteiger charge is 2.86. The molecular formula is C38H57N3O3. The van der Waals surface area contributed by atoms with Gasteiger partial charge in [-0.2, -0.15) is 0 Å². The fraction of sp³-hybridized carbons (Fsp3) is 0.763. The first-order chi connectivity index (χ1) is 20.7. The zero-order valence-corrected chi connectivity index (χ0v) is 28.5. The van der Waals surface area contributed by atoms with Crippen molar-refractivity contribution >= 4 is 17.9 Å². The van der Waals surface area contributed by atoms with Gasteiger partial charge in [-0.25, -0.2) is 0 Å². The third-order valence-corrected chi connectivity index (χ3v) is 14.8. The number of carbonyl (C=O) groups is 2. The number of aliphatic hydroxyl groups excluding tert-OH is 1. The fourth-order valence-corrected chi connectivity index (χ4v) is 12.0. The minimum atomic E-state index is -0.389. The average molecular weight is 604 g/mol. The first-order valence-corrected chi connectivity index (χ1v) is 17.4. The number of nitrogens with zero attached hydrogens (tertiary/aromatic N) is 2. The maximum absolute atomic E-state index is 14.8. The second-order valence-corrected chi connectivity index (χ2v) is 16.7. The molecule has 0 saturated heterocycles. The Balaban J connectivity index is 1.36. The predicted octanol–water partition coefficient (Wildman–Crippen LogP) is 6.31. The van der Waals surface area contributed by atoms with Crippen molar-refractivity contribution in [1.82, 2.24) is 10.2 Å². The molecule has 1 amide bonds. The summed E-state index contributed by atoms with van der Waals surface area (Å²) in [5, 5.41) is 15.1. The number of benzene rings is 1. The van der Waals surface area contributed by atoms with Crippen LogP contribution in [0.4, 0.5) is 0 Å². The van der Waals surface area contributed by atoms with Gasteiger partial charge in [0.1, 0.15) is 5.78 Å². The summed E-state index contributed by atoms with van der Waals surface area (Å²) in [6.07, 6.45) is 8.86. The predicted molar refractivity (Wildman–Crippen MR) is 176 cm³/mol. The van der Waals surface area contributed by atoms with Crippen LogP contribution in [0.1, 0.15) is 98.5 Å². The summed E-state index contributed by atoms with van der Waals surface area (Å²) in [5.74, 6) is 1.24. The number of aliphatic imine (C=N–C) groups is 1. The van der Waals surface area contributed by atoms with Crippen LogP contribution in [0.3, 0.4) is 0 Å². The van der Waals surface area contributed by atoms with Gasteiger partial charge < -0.3 is 15.3 Å². The van der Waals surface area contributed by atoms with Gasteiger partial charge in [0.15, 0.2) is 0 Å². The van der Waals surface area contributed by atoms with Crippen molar-refractivity contribution in [1.29, 1.82) is 0 Å². The van der Waals surface area contributed by atoms with Crippen molar-refractivity contribution in [2.45, 2.75) is 118 Å². The van der Waals surface area contributed by atoms with Gasteiger partial charge in [0.05, 0.1) is 12.6 Å². The molecule has 5 aliphatic carbocycles. The standard InChI is InChI=1S/C38H57N3O3/c1-9-24(2)33(44)40-30-17-18-37-22-38(37)29(16-15-28(37)34(30,4)23-39-21-26-13-11-10-12-14-26)35(5)19-27(42)32(25(3)41(7)8)36(35,6)20-31(38)43/h10-14,23-25,27-30,32,42H,9,15-22H2,1-8H3,(H,40,44)/t24-,25-,27+,28-,29-,30-,32-,34-,35-,36+,37?,38-/m0/s1. The summed E-state index contributed by atoms with van der Waals surface area (Å²) < 4.78 is 0. The van der Waals surface area contributed by atoms with Crippen molar-refractivity contribution in [2.75, 3.05) is 14.1 Å². The molecule has 5 aliphatic rings. The zero-order valence-electron chi connectivity index (χ0n) is 28.5. The molecule has 6 rings (SSSR count). The summed E-state index contributed by atoms with van der Waals surface area (Å²) in [4.78, 5) is 35.3.